The number of hydrogen-bond donors (Lipinski definition) is 2. The molecule has 0 unspecified atom stereocenters. The van der Waals surface area contributed by atoms with Crippen molar-refractivity contribution in [3.63, 3.8) is 0 Å². The zero-order valence-corrected chi connectivity index (χ0v) is 29.3. The largest absolute Gasteiger partial charge is 0.355 e. The Balaban J connectivity index is 1.63. The second-order valence-electron chi connectivity index (χ2n) is 16.0. The summed E-state index contributed by atoms with van der Waals surface area (Å²) in [6.07, 6.45) is 10.9. The minimum atomic E-state index is -0.0898. The van der Waals surface area contributed by atoms with E-state index in [1.54, 1.807) is 0 Å². The van der Waals surface area contributed by atoms with Crippen molar-refractivity contribution in [2.75, 3.05) is 0 Å². The molecule has 8 bridgehead atoms. The molecule has 0 spiro atoms. The van der Waals surface area contributed by atoms with Crippen LogP contribution in [-0.2, 0) is 22.7 Å². The summed E-state index contributed by atoms with van der Waals surface area (Å²) < 4.78 is 0. The van der Waals surface area contributed by atoms with Crippen molar-refractivity contribution < 1.29 is 0 Å². The lowest BCUT2D eigenvalue weighted by atomic mass is 9.79. The number of terminal acetylenes is 1. The molecule has 3 aromatic heterocycles. The summed E-state index contributed by atoms with van der Waals surface area (Å²) in [7, 11) is 0. The van der Waals surface area contributed by atoms with Crippen molar-refractivity contribution in [2.24, 2.45) is 0 Å². The first-order chi connectivity index (χ1) is 22.7. The number of aromatic amines is 2. The fourth-order valence-electron chi connectivity index (χ4n) is 6.71. The Morgan fingerprint density at radius 2 is 1.19 bits per heavy atom. The van der Waals surface area contributed by atoms with Gasteiger partial charge in [0.2, 0.25) is 0 Å². The lowest BCUT2D eigenvalue weighted by Crippen LogP contribution is -2.16. The zero-order chi connectivity index (χ0) is 34.0. The fourth-order valence-corrected chi connectivity index (χ4v) is 6.71. The van der Waals surface area contributed by atoms with Crippen LogP contribution in [0.1, 0.15) is 94.9 Å². The van der Waals surface area contributed by atoms with Gasteiger partial charge < -0.3 is 9.97 Å². The topological polar surface area (TPSA) is 57.4 Å². The first kappa shape index (κ1) is 31.5. The highest BCUT2D eigenvalue weighted by Gasteiger charge is 2.28. The van der Waals surface area contributed by atoms with E-state index in [4.69, 9.17) is 16.4 Å². The van der Waals surface area contributed by atoms with E-state index in [9.17, 15) is 0 Å². The summed E-state index contributed by atoms with van der Waals surface area (Å²) >= 11 is 0. The molecule has 0 radical (unpaired) electrons. The molecule has 0 fully saturated rings. The number of H-pyrrole nitrogens is 2. The van der Waals surface area contributed by atoms with Crippen molar-refractivity contribution >= 4 is 34.2 Å². The van der Waals surface area contributed by atoms with Crippen molar-refractivity contribution in [3.05, 3.63) is 118 Å². The molecule has 0 saturated carbocycles. The molecular formula is C44H44N4. The van der Waals surface area contributed by atoms with Gasteiger partial charge in [0, 0.05) is 62.0 Å². The van der Waals surface area contributed by atoms with Crippen LogP contribution in [0.3, 0.4) is 0 Å². The molecule has 2 aliphatic heterocycles. The van der Waals surface area contributed by atoms with Gasteiger partial charge in [0.15, 0.2) is 0 Å². The van der Waals surface area contributed by atoms with E-state index in [1.807, 2.05) is 12.1 Å². The third kappa shape index (κ3) is 5.90. The Bertz CT molecular complexity index is 2270. The maximum atomic E-state index is 5.72. The molecule has 4 nitrogen and oxygen atoms in total. The molecule has 48 heavy (non-hydrogen) atoms. The fraction of sp³-hybridized carbons (Fsp3) is 0.273. The minimum absolute atomic E-state index is 0.0254. The highest BCUT2D eigenvalue weighted by Crippen LogP contribution is 2.39. The highest BCUT2D eigenvalue weighted by atomic mass is 14.8. The molecule has 0 atom stereocenters. The van der Waals surface area contributed by atoms with E-state index in [-0.39, 0.29) is 16.2 Å². The molecule has 0 amide bonds. The second kappa shape index (κ2) is 11.2. The lowest BCUT2D eigenvalue weighted by Gasteiger charge is -2.26. The maximum absolute atomic E-state index is 5.72. The number of nitrogens with zero attached hydrogens (tertiary/aromatic N) is 2. The lowest BCUT2D eigenvalue weighted by molar-refractivity contribution is 0.543. The molecule has 2 N–H and O–H groups in total. The summed E-state index contributed by atoms with van der Waals surface area (Å²) in [5.41, 5.74) is 15.6. The number of aromatic nitrogens is 4. The predicted octanol–water partition coefficient (Wildman–Crippen LogP) is 10.9. The van der Waals surface area contributed by atoms with Gasteiger partial charge in [0.1, 0.15) is 0 Å². The highest BCUT2D eigenvalue weighted by molar-refractivity contribution is 5.95. The second-order valence-corrected chi connectivity index (χ2v) is 16.0. The molecule has 0 aliphatic carbocycles. The maximum Gasteiger partial charge on any atom is 0.0737 e. The first-order valence-corrected chi connectivity index (χ1v) is 16.8. The Labute approximate surface area is 284 Å². The van der Waals surface area contributed by atoms with Gasteiger partial charge in [-0.2, -0.15) is 0 Å². The van der Waals surface area contributed by atoms with Crippen LogP contribution in [0.4, 0.5) is 0 Å². The van der Waals surface area contributed by atoms with E-state index in [1.165, 1.54) is 11.1 Å². The smallest absolute Gasteiger partial charge is 0.0737 e. The van der Waals surface area contributed by atoms with E-state index in [0.29, 0.717) is 0 Å². The summed E-state index contributed by atoms with van der Waals surface area (Å²) in [6, 6.07) is 28.2. The molecule has 2 aromatic carbocycles. The van der Waals surface area contributed by atoms with Crippen molar-refractivity contribution in [3.8, 4) is 34.6 Å². The van der Waals surface area contributed by atoms with Crippen LogP contribution >= 0.6 is 0 Å². The quantitative estimate of drug-likeness (QED) is 0.187. The van der Waals surface area contributed by atoms with Crippen LogP contribution in [0, 0.1) is 12.3 Å². The predicted molar refractivity (Wildman–Crippen MR) is 203 cm³/mol. The molecule has 2 aliphatic rings. The number of hydrogen-bond acceptors (Lipinski definition) is 2. The van der Waals surface area contributed by atoms with Gasteiger partial charge in [-0.05, 0) is 93.8 Å². The van der Waals surface area contributed by atoms with Gasteiger partial charge in [0.05, 0.1) is 11.4 Å². The standard InChI is InChI=1S/C44H44N4/c1-10-27-11-13-28(14-12-27)40-35-17-15-32(45-35)24-34-26-44(8,9)39(47-34)25-33-16-18-36(46-33)41(38-20-19-37(40)48-38)29-21-30(42(2,3)4)23-31(22-29)43(5,6)7/h1,11-25,45-46H,26H2,2-9H3. The van der Waals surface area contributed by atoms with Crippen molar-refractivity contribution in [1.29, 1.82) is 0 Å². The number of fused-ring (bicyclic) bond motifs is 8. The first-order valence-electron chi connectivity index (χ1n) is 16.8. The molecule has 5 heterocycles. The molecule has 7 rings (SSSR count). The Hall–Kier alpha value is -5.14. The van der Waals surface area contributed by atoms with Gasteiger partial charge in [-0.3, -0.25) is 4.98 Å². The molecule has 0 saturated heterocycles. The van der Waals surface area contributed by atoms with Crippen molar-refractivity contribution in [1.82, 2.24) is 19.9 Å². The number of nitrogens with one attached hydrogen (secondary N) is 2. The zero-order valence-electron chi connectivity index (χ0n) is 29.3. The Kier molecular flexibility index (Phi) is 7.37. The third-order valence-corrected chi connectivity index (χ3v) is 9.60. The third-order valence-electron chi connectivity index (χ3n) is 9.60. The molecule has 240 valence electrons. The van der Waals surface area contributed by atoms with Crippen LogP contribution < -0.4 is 0 Å². The van der Waals surface area contributed by atoms with Gasteiger partial charge >= 0.3 is 0 Å². The van der Waals surface area contributed by atoms with Gasteiger partial charge in [0.25, 0.3) is 0 Å². The molecular weight excluding hydrogens is 585 g/mol. The van der Waals surface area contributed by atoms with E-state index < -0.39 is 0 Å². The molecule has 4 heteroatoms. The monoisotopic (exact) mass is 628 g/mol. The number of rotatable bonds is 2. The van der Waals surface area contributed by atoms with E-state index >= 15 is 0 Å². The van der Waals surface area contributed by atoms with E-state index in [2.05, 4.69) is 150 Å². The van der Waals surface area contributed by atoms with Crippen LogP contribution in [0.25, 0.3) is 56.5 Å². The van der Waals surface area contributed by atoms with Crippen LogP contribution in [0.15, 0.2) is 78.9 Å². The van der Waals surface area contributed by atoms with Gasteiger partial charge in [-0.15, -0.1) is 6.42 Å². The Morgan fingerprint density at radius 3 is 1.73 bits per heavy atom. The van der Waals surface area contributed by atoms with Crippen LogP contribution in [0.2, 0.25) is 0 Å². The molecule has 5 aromatic rings. The van der Waals surface area contributed by atoms with Gasteiger partial charge in [-0.1, -0.05) is 91.6 Å². The van der Waals surface area contributed by atoms with Crippen LogP contribution in [-0.4, -0.2) is 19.9 Å². The van der Waals surface area contributed by atoms with Gasteiger partial charge in [-0.25, -0.2) is 4.98 Å². The van der Waals surface area contributed by atoms with E-state index in [0.717, 1.165) is 79.1 Å². The average molecular weight is 629 g/mol. The summed E-state index contributed by atoms with van der Waals surface area (Å²) in [4.78, 5) is 18.0. The van der Waals surface area contributed by atoms with Crippen molar-refractivity contribution in [2.45, 2.75) is 78.1 Å². The summed E-state index contributed by atoms with van der Waals surface area (Å²) in [6.45, 7) is 18.2. The van der Waals surface area contributed by atoms with Crippen LogP contribution in [0.5, 0.6) is 0 Å². The average Bonchev–Trinajstić information content (AvgIpc) is 3.82. The number of benzene rings is 2. The summed E-state index contributed by atoms with van der Waals surface area (Å²) in [5, 5.41) is 0. The SMILES string of the molecule is C#Cc1ccc(-c2c3nc(c(-c4cc(C(C)(C)C)cc(C(C)(C)C)c4)c4ccc(cc5nc(cc6ccc2[nH]6)CC5(C)C)[nH]4)C=C3)cc1. The Morgan fingerprint density at radius 1 is 0.646 bits per heavy atom. The minimum Gasteiger partial charge on any atom is -0.355 e. The normalized spacial score (nSPS) is 14.2. The summed E-state index contributed by atoms with van der Waals surface area (Å²) in [5.74, 6) is 2.75.